The summed E-state index contributed by atoms with van der Waals surface area (Å²) >= 11 is 0. The Bertz CT molecular complexity index is 566. The quantitative estimate of drug-likeness (QED) is 0.128. The molecule has 1 heterocycles. The van der Waals surface area contributed by atoms with Gasteiger partial charge in [0.1, 0.15) is 0 Å². The van der Waals surface area contributed by atoms with Gasteiger partial charge in [-0.25, -0.2) is 0 Å². The maximum atomic E-state index is 12.6. The van der Waals surface area contributed by atoms with Crippen LogP contribution in [0.25, 0.3) is 0 Å². The highest BCUT2D eigenvalue weighted by Crippen LogP contribution is 2.52. The molecule has 27 heavy (non-hydrogen) atoms. The minimum absolute atomic E-state index is 0. The van der Waals surface area contributed by atoms with Crippen LogP contribution in [0, 0.1) is 23.7 Å². The van der Waals surface area contributed by atoms with Gasteiger partial charge >= 0.3 is 0 Å². The van der Waals surface area contributed by atoms with E-state index >= 15 is 0 Å². The first-order valence-corrected chi connectivity index (χ1v) is 9.80. The average molecular weight is 490 g/mol. The molecule has 1 saturated heterocycles. The zero-order valence-electron chi connectivity index (χ0n) is 16.1. The second kappa shape index (κ2) is 10.4. The van der Waals surface area contributed by atoms with E-state index in [1.165, 1.54) is 4.90 Å². The van der Waals surface area contributed by atoms with Gasteiger partial charge in [-0.15, -0.1) is 24.0 Å². The summed E-state index contributed by atoms with van der Waals surface area (Å²) in [6, 6.07) is 0. The molecule has 0 spiro atoms. The van der Waals surface area contributed by atoms with E-state index < -0.39 is 0 Å². The molecule has 152 valence electrons. The molecule has 2 fully saturated rings. The Morgan fingerprint density at radius 2 is 1.85 bits per heavy atom. The number of ether oxygens (including phenoxy) is 1. The number of hydrogen-bond donors (Lipinski definition) is 2. The minimum atomic E-state index is -0.0986. The third-order valence-electron chi connectivity index (χ3n) is 5.46. The van der Waals surface area contributed by atoms with Crippen LogP contribution in [0.2, 0.25) is 0 Å². The lowest BCUT2D eigenvalue weighted by atomic mass is 9.85. The Hall–Kier alpha value is -1.16. The number of allylic oxidation sites excluding steroid dienone is 2. The predicted molar refractivity (Wildman–Crippen MR) is 115 cm³/mol. The number of likely N-dealkylation sites (tertiary alicyclic amines) is 1. The molecule has 1 aliphatic heterocycles. The number of amides is 2. The van der Waals surface area contributed by atoms with E-state index in [0.717, 1.165) is 18.9 Å². The van der Waals surface area contributed by atoms with Crippen molar-refractivity contribution in [1.82, 2.24) is 15.5 Å². The SMILES string of the molecule is CCNC(=NCCCN1C(=O)C2C3C=CC(C3)C2C1=O)NCCOCC.I. The van der Waals surface area contributed by atoms with Crippen molar-refractivity contribution in [1.29, 1.82) is 0 Å². The maximum absolute atomic E-state index is 12.6. The number of hydrogen-bond acceptors (Lipinski definition) is 4. The lowest BCUT2D eigenvalue weighted by molar-refractivity contribution is -0.140. The van der Waals surface area contributed by atoms with E-state index in [2.05, 4.69) is 27.8 Å². The first kappa shape index (κ1) is 22.1. The number of aliphatic imine (C=N–C) groups is 1. The van der Waals surface area contributed by atoms with E-state index in [9.17, 15) is 9.59 Å². The molecule has 2 amide bonds. The molecule has 2 N–H and O–H groups in total. The van der Waals surface area contributed by atoms with Crippen molar-refractivity contribution in [3.8, 4) is 0 Å². The first-order valence-electron chi connectivity index (χ1n) is 9.80. The number of carbonyl (C=O) groups excluding carboxylic acids is 2. The summed E-state index contributed by atoms with van der Waals surface area (Å²) in [5.74, 6) is 1.16. The van der Waals surface area contributed by atoms with Gasteiger partial charge < -0.3 is 15.4 Å². The van der Waals surface area contributed by atoms with Crippen LogP contribution in [-0.2, 0) is 14.3 Å². The van der Waals surface area contributed by atoms with Gasteiger partial charge in [0, 0.05) is 32.8 Å². The molecule has 3 aliphatic rings. The fraction of sp³-hybridized carbons (Fsp3) is 0.737. The largest absolute Gasteiger partial charge is 0.380 e. The second-order valence-corrected chi connectivity index (χ2v) is 7.07. The first-order chi connectivity index (χ1) is 12.7. The Morgan fingerprint density at radius 1 is 1.19 bits per heavy atom. The summed E-state index contributed by atoms with van der Waals surface area (Å²) in [6.07, 6.45) is 5.91. The zero-order valence-corrected chi connectivity index (χ0v) is 18.5. The van der Waals surface area contributed by atoms with Crippen molar-refractivity contribution in [2.45, 2.75) is 26.7 Å². The summed E-state index contributed by atoms with van der Waals surface area (Å²) in [5, 5.41) is 6.40. The van der Waals surface area contributed by atoms with Gasteiger partial charge in [0.05, 0.1) is 18.4 Å². The van der Waals surface area contributed by atoms with Crippen molar-refractivity contribution < 1.29 is 14.3 Å². The Morgan fingerprint density at radius 3 is 2.44 bits per heavy atom. The lowest BCUT2D eigenvalue weighted by Gasteiger charge is -2.17. The van der Waals surface area contributed by atoms with E-state index in [1.54, 1.807) is 0 Å². The van der Waals surface area contributed by atoms with Crippen LogP contribution >= 0.6 is 24.0 Å². The van der Waals surface area contributed by atoms with Gasteiger partial charge in [0.15, 0.2) is 5.96 Å². The van der Waals surface area contributed by atoms with Crippen molar-refractivity contribution in [2.75, 3.05) is 39.4 Å². The fourth-order valence-corrected chi connectivity index (χ4v) is 4.33. The molecular formula is C19H31IN4O3. The summed E-state index contributed by atoms with van der Waals surface area (Å²) in [7, 11) is 0. The molecule has 0 aromatic rings. The monoisotopic (exact) mass is 490 g/mol. The van der Waals surface area contributed by atoms with Crippen LogP contribution in [0.4, 0.5) is 0 Å². The number of nitrogens with one attached hydrogen (secondary N) is 2. The maximum Gasteiger partial charge on any atom is 0.233 e. The second-order valence-electron chi connectivity index (χ2n) is 7.07. The Kier molecular flexibility index (Phi) is 8.53. The summed E-state index contributed by atoms with van der Waals surface area (Å²) in [6.45, 7) is 7.83. The van der Waals surface area contributed by atoms with Crippen molar-refractivity contribution in [2.24, 2.45) is 28.7 Å². The van der Waals surface area contributed by atoms with Crippen LogP contribution < -0.4 is 10.6 Å². The topological polar surface area (TPSA) is 83.0 Å². The number of imide groups is 1. The van der Waals surface area contributed by atoms with E-state index in [0.29, 0.717) is 39.3 Å². The highest BCUT2D eigenvalue weighted by molar-refractivity contribution is 14.0. The molecule has 8 heteroatoms. The third-order valence-corrected chi connectivity index (χ3v) is 5.46. The molecule has 4 atom stereocenters. The standard InChI is InChI=1S/C19H30N4O3.HI/c1-3-20-19(22-9-11-26-4-2)21-8-5-10-23-17(24)15-13-6-7-14(12-13)16(15)18(23)25;/h6-7,13-16H,3-5,8-12H2,1-2H3,(H2,20,21,22);1H. The highest BCUT2D eigenvalue weighted by atomic mass is 127. The summed E-state index contributed by atoms with van der Waals surface area (Å²) < 4.78 is 5.31. The van der Waals surface area contributed by atoms with Crippen molar-refractivity contribution in [3.05, 3.63) is 12.2 Å². The third kappa shape index (κ3) is 4.82. The smallest absolute Gasteiger partial charge is 0.233 e. The molecule has 0 aromatic heterocycles. The lowest BCUT2D eigenvalue weighted by Crippen LogP contribution is -2.39. The zero-order chi connectivity index (χ0) is 18.5. The molecule has 7 nitrogen and oxygen atoms in total. The Labute approximate surface area is 178 Å². The average Bonchev–Trinajstić information content (AvgIpc) is 3.31. The number of rotatable bonds is 9. The highest BCUT2D eigenvalue weighted by Gasteiger charge is 2.58. The Balaban J connectivity index is 0.00000261. The van der Waals surface area contributed by atoms with Gasteiger partial charge in [0.2, 0.25) is 11.8 Å². The minimum Gasteiger partial charge on any atom is -0.380 e. The molecule has 0 radical (unpaired) electrons. The fourth-order valence-electron chi connectivity index (χ4n) is 4.33. The number of nitrogens with zero attached hydrogens (tertiary/aromatic N) is 2. The van der Waals surface area contributed by atoms with Crippen LogP contribution in [0.5, 0.6) is 0 Å². The van der Waals surface area contributed by atoms with Gasteiger partial charge in [-0.3, -0.25) is 19.5 Å². The van der Waals surface area contributed by atoms with E-state index in [4.69, 9.17) is 4.74 Å². The molecule has 0 aromatic carbocycles. The predicted octanol–water partition coefficient (Wildman–Crippen LogP) is 1.39. The van der Waals surface area contributed by atoms with E-state index in [-0.39, 0.29) is 59.5 Å². The number of carbonyl (C=O) groups is 2. The van der Waals surface area contributed by atoms with Crippen LogP contribution in [0.15, 0.2) is 17.1 Å². The van der Waals surface area contributed by atoms with Crippen LogP contribution in [0.3, 0.4) is 0 Å². The molecular weight excluding hydrogens is 459 g/mol. The van der Waals surface area contributed by atoms with Gasteiger partial charge in [0.25, 0.3) is 0 Å². The van der Waals surface area contributed by atoms with Gasteiger partial charge in [-0.1, -0.05) is 12.2 Å². The molecule has 2 bridgehead atoms. The molecule has 4 unspecified atom stereocenters. The van der Waals surface area contributed by atoms with Gasteiger partial charge in [-0.05, 0) is 38.5 Å². The summed E-state index contributed by atoms with van der Waals surface area (Å²) in [4.78, 5) is 31.2. The normalized spacial score (nSPS) is 28.5. The van der Waals surface area contributed by atoms with E-state index in [1.807, 2.05) is 13.8 Å². The van der Waals surface area contributed by atoms with Crippen LogP contribution in [0.1, 0.15) is 26.7 Å². The van der Waals surface area contributed by atoms with Crippen molar-refractivity contribution >= 4 is 41.8 Å². The summed E-state index contributed by atoms with van der Waals surface area (Å²) in [5.41, 5.74) is 0. The number of halogens is 1. The van der Waals surface area contributed by atoms with Crippen molar-refractivity contribution in [3.63, 3.8) is 0 Å². The number of fused-ring (bicyclic) bond motifs is 5. The molecule has 3 rings (SSSR count). The molecule has 2 aliphatic carbocycles. The van der Waals surface area contributed by atoms with Crippen LogP contribution in [-0.4, -0.2) is 62.1 Å². The number of guanidine groups is 1. The van der Waals surface area contributed by atoms with Gasteiger partial charge in [-0.2, -0.15) is 0 Å². The molecule has 1 saturated carbocycles.